The summed E-state index contributed by atoms with van der Waals surface area (Å²) in [5.74, 6) is 0.792. The van der Waals surface area contributed by atoms with E-state index < -0.39 is 0 Å². The second-order valence-corrected chi connectivity index (χ2v) is 8.94. The van der Waals surface area contributed by atoms with Gasteiger partial charge in [0.05, 0.1) is 0 Å². The number of rotatable bonds is 6. The molecule has 0 bridgehead atoms. The first-order chi connectivity index (χ1) is 9.88. The fraction of sp³-hybridized carbons (Fsp3) is 1.00. The molecule has 0 spiro atoms. The Morgan fingerprint density at radius 3 is 2.29 bits per heavy atom. The summed E-state index contributed by atoms with van der Waals surface area (Å²) in [5, 5.41) is 0. The van der Waals surface area contributed by atoms with E-state index in [0.29, 0.717) is 5.41 Å². The Kier molecular flexibility index (Phi) is 5.76. The van der Waals surface area contributed by atoms with Crippen LogP contribution in [0.25, 0.3) is 0 Å². The van der Waals surface area contributed by atoms with Crippen molar-refractivity contribution in [3.8, 4) is 0 Å². The van der Waals surface area contributed by atoms with Gasteiger partial charge in [0, 0.05) is 18.1 Å². The molecular formula is C19H38N2. The molecular weight excluding hydrogens is 256 g/mol. The highest BCUT2D eigenvalue weighted by atomic mass is 15.2. The summed E-state index contributed by atoms with van der Waals surface area (Å²) in [4.78, 5) is 2.89. The average molecular weight is 295 g/mol. The second kappa shape index (κ2) is 7.00. The fourth-order valence-electron chi connectivity index (χ4n) is 4.92. The van der Waals surface area contributed by atoms with Crippen LogP contribution in [-0.2, 0) is 0 Å². The predicted molar refractivity (Wildman–Crippen MR) is 92.5 cm³/mol. The molecule has 2 nitrogen and oxygen atoms in total. The molecule has 2 fully saturated rings. The number of nitrogens with zero attached hydrogens (tertiary/aromatic N) is 1. The van der Waals surface area contributed by atoms with Crippen LogP contribution >= 0.6 is 0 Å². The summed E-state index contributed by atoms with van der Waals surface area (Å²) in [5.41, 5.74) is 7.14. The summed E-state index contributed by atoms with van der Waals surface area (Å²) in [7, 11) is 0. The largest absolute Gasteiger partial charge is 0.329 e. The van der Waals surface area contributed by atoms with Crippen LogP contribution in [0.3, 0.4) is 0 Å². The van der Waals surface area contributed by atoms with Crippen LogP contribution in [0, 0.1) is 11.3 Å². The van der Waals surface area contributed by atoms with Crippen molar-refractivity contribution in [2.24, 2.45) is 17.1 Å². The maximum atomic E-state index is 6.39. The monoisotopic (exact) mass is 294 g/mol. The summed E-state index contributed by atoms with van der Waals surface area (Å²) in [6, 6.07) is 0.807. The Morgan fingerprint density at radius 2 is 1.76 bits per heavy atom. The lowest BCUT2D eigenvalue weighted by molar-refractivity contribution is -0.0198. The Bertz CT molecular complexity index is 318. The van der Waals surface area contributed by atoms with Gasteiger partial charge < -0.3 is 5.73 Å². The minimum absolute atomic E-state index is 0.283. The van der Waals surface area contributed by atoms with Crippen molar-refractivity contribution in [3.63, 3.8) is 0 Å². The third kappa shape index (κ3) is 4.22. The molecule has 124 valence electrons. The maximum Gasteiger partial charge on any atom is 0.0339 e. The summed E-state index contributed by atoms with van der Waals surface area (Å²) < 4.78 is 0. The van der Waals surface area contributed by atoms with Gasteiger partial charge in [-0.2, -0.15) is 0 Å². The van der Waals surface area contributed by atoms with Crippen LogP contribution in [0.5, 0.6) is 0 Å². The molecule has 21 heavy (non-hydrogen) atoms. The molecule has 0 heterocycles. The van der Waals surface area contributed by atoms with Crippen LogP contribution in [0.15, 0.2) is 0 Å². The molecule has 2 saturated carbocycles. The molecule has 2 heteroatoms. The highest BCUT2D eigenvalue weighted by molar-refractivity contribution is 5.02. The highest BCUT2D eigenvalue weighted by Crippen LogP contribution is 2.45. The predicted octanol–water partition coefficient (Wildman–Crippen LogP) is 4.57. The summed E-state index contributed by atoms with van der Waals surface area (Å²) in [6.45, 7) is 11.7. The fourth-order valence-corrected chi connectivity index (χ4v) is 4.92. The van der Waals surface area contributed by atoms with Gasteiger partial charge in [-0.05, 0) is 56.4 Å². The van der Waals surface area contributed by atoms with E-state index in [-0.39, 0.29) is 5.54 Å². The minimum Gasteiger partial charge on any atom is -0.329 e. The number of hydrogen-bond acceptors (Lipinski definition) is 2. The van der Waals surface area contributed by atoms with Crippen LogP contribution in [-0.4, -0.2) is 29.6 Å². The molecule has 0 amide bonds. The molecule has 0 aromatic carbocycles. The quantitative estimate of drug-likeness (QED) is 0.777. The molecule has 0 saturated heterocycles. The van der Waals surface area contributed by atoms with Crippen molar-refractivity contribution in [2.75, 3.05) is 13.1 Å². The van der Waals surface area contributed by atoms with Gasteiger partial charge in [-0.15, -0.1) is 0 Å². The van der Waals surface area contributed by atoms with Gasteiger partial charge in [0.1, 0.15) is 0 Å². The van der Waals surface area contributed by atoms with Crippen LogP contribution in [0.2, 0.25) is 0 Å². The van der Waals surface area contributed by atoms with Crippen molar-refractivity contribution in [1.82, 2.24) is 4.90 Å². The van der Waals surface area contributed by atoms with Gasteiger partial charge in [0.25, 0.3) is 0 Å². The Morgan fingerprint density at radius 1 is 1.10 bits per heavy atom. The molecule has 2 N–H and O–H groups in total. The molecule has 2 rings (SSSR count). The van der Waals surface area contributed by atoms with E-state index in [9.17, 15) is 0 Å². The van der Waals surface area contributed by atoms with Crippen LogP contribution in [0.1, 0.15) is 85.5 Å². The van der Waals surface area contributed by atoms with E-state index in [1.165, 1.54) is 64.3 Å². The molecule has 0 aromatic heterocycles. The van der Waals surface area contributed by atoms with Gasteiger partial charge in [-0.25, -0.2) is 0 Å². The van der Waals surface area contributed by atoms with Gasteiger partial charge >= 0.3 is 0 Å². The third-order valence-electron chi connectivity index (χ3n) is 6.01. The maximum absolute atomic E-state index is 6.39. The first-order valence-corrected chi connectivity index (χ1v) is 9.35. The van der Waals surface area contributed by atoms with E-state index in [2.05, 4.69) is 32.6 Å². The number of hydrogen-bond donors (Lipinski definition) is 1. The first kappa shape index (κ1) is 17.3. The summed E-state index contributed by atoms with van der Waals surface area (Å²) >= 11 is 0. The molecule has 1 unspecified atom stereocenters. The standard InChI is InChI=1S/C19H38N2/c1-16(2)10-13-21(17-8-5-6-9-17)19(15-20)12-7-11-18(3,4)14-19/h16-17H,5-15,20H2,1-4H3. The van der Waals surface area contributed by atoms with Crippen molar-refractivity contribution < 1.29 is 0 Å². The van der Waals surface area contributed by atoms with Gasteiger partial charge in [-0.3, -0.25) is 4.90 Å². The van der Waals surface area contributed by atoms with E-state index >= 15 is 0 Å². The van der Waals surface area contributed by atoms with Gasteiger partial charge in [0.2, 0.25) is 0 Å². The van der Waals surface area contributed by atoms with E-state index in [0.717, 1.165) is 18.5 Å². The highest BCUT2D eigenvalue weighted by Gasteiger charge is 2.45. The molecule has 0 aliphatic heterocycles. The topological polar surface area (TPSA) is 29.3 Å². The normalized spacial score (nSPS) is 30.4. The Hall–Kier alpha value is -0.0800. The van der Waals surface area contributed by atoms with Gasteiger partial charge in [-0.1, -0.05) is 47.0 Å². The zero-order valence-electron chi connectivity index (χ0n) is 15.0. The molecule has 2 aliphatic carbocycles. The van der Waals surface area contributed by atoms with Crippen molar-refractivity contribution in [1.29, 1.82) is 0 Å². The molecule has 2 aliphatic rings. The minimum atomic E-state index is 0.283. The molecule has 0 aromatic rings. The summed E-state index contributed by atoms with van der Waals surface area (Å²) in [6.07, 6.45) is 12.3. The lowest BCUT2D eigenvalue weighted by Crippen LogP contribution is -2.60. The van der Waals surface area contributed by atoms with E-state index in [1.54, 1.807) is 0 Å². The third-order valence-corrected chi connectivity index (χ3v) is 6.01. The van der Waals surface area contributed by atoms with E-state index in [4.69, 9.17) is 5.73 Å². The lowest BCUT2D eigenvalue weighted by Gasteiger charge is -2.53. The van der Waals surface area contributed by atoms with Gasteiger partial charge in [0.15, 0.2) is 0 Å². The first-order valence-electron chi connectivity index (χ1n) is 9.35. The van der Waals surface area contributed by atoms with Crippen molar-refractivity contribution in [3.05, 3.63) is 0 Å². The zero-order chi connectivity index (χ0) is 15.5. The smallest absolute Gasteiger partial charge is 0.0339 e. The number of nitrogens with two attached hydrogens (primary N) is 1. The van der Waals surface area contributed by atoms with Crippen molar-refractivity contribution >= 4 is 0 Å². The zero-order valence-corrected chi connectivity index (χ0v) is 15.0. The van der Waals surface area contributed by atoms with Crippen molar-refractivity contribution in [2.45, 2.75) is 97.1 Å². The second-order valence-electron chi connectivity index (χ2n) is 8.94. The molecule has 0 radical (unpaired) electrons. The Balaban J connectivity index is 2.18. The lowest BCUT2D eigenvalue weighted by atomic mass is 9.67. The average Bonchev–Trinajstić information content (AvgIpc) is 2.91. The van der Waals surface area contributed by atoms with E-state index in [1.807, 2.05) is 0 Å². The van der Waals surface area contributed by atoms with Crippen LogP contribution < -0.4 is 5.73 Å². The SMILES string of the molecule is CC(C)CCN(C1CCCC1)C1(CN)CCCC(C)(C)C1. The Labute approximate surface area is 132 Å². The van der Waals surface area contributed by atoms with Crippen LogP contribution in [0.4, 0.5) is 0 Å². The molecule has 1 atom stereocenters.